The van der Waals surface area contributed by atoms with Crippen LogP contribution in [0.1, 0.15) is 29.6 Å². The summed E-state index contributed by atoms with van der Waals surface area (Å²) in [5.74, 6) is 0.827. The zero-order valence-corrected chi connectivity index (χ0v) is 18.9. The van der Waals surface area contributed by atoms with Crippen molar-refractivity contribution in [2.45, 2.75) is 19.3 Å². The molecule has 0 bridgehead atoms. The lowest BCUT2D eigenvalue weighted by Crippen LogP contribution is -2.47. The van der Waals surface area contributed by atoms with E-state index >= 15 is 0 Å². The molecule has 0 aliphatic carbocycles. The molecule has 32 heavy (non-hydrogen) atoms. The van der Waals surface area contributed by atoms with E-state index in [-0.39, 0.29) is 11.8 Å². The molecule has 1 fully saturated rings. The number of hydrogen-bond donors (Lipinski definition) is 2. The fraction of sp³-hybridized carbons (Fsp3) is 0.440. The Morgan fingerprint density at radius 2 is 1.56 bits per heavy atom. The molecule has 0 saturated carbocycles. The lowest BCUT2D eigenvalue weighted by molar-refractivity contribution is -0.121. The zero-order chi connectivity index (χ0) is 22.6. The first-order valence-corrected chi connectivity index (χ1v) is 11.4. The smallest absolute Gasteiger partial charge is 0.251 e. The summed E-state index contributed by atoms with van der Waals surface area (Å²) >= 11 is 0. The Morgan fingerprint density at radius 3 is 2.25 bits per heavy atom. The second-order valence-electron chi connectivity index (χ2n) is 7.96. The quantitative estimate of drug-likeness (QED) is 0.528. The molecule has 7 nitrogen and oxygen atoms in total. The van der Waals surface area contributed by atoms with Crippen molar-refractivity contribution in [1.29, 1.82) is 0 Å². The van der Waals surface area contributed by atoms with Crippen LogP contribution in [0.2, 0.25) is 0 Å². The number of hydrogen-bond acceptors (Lipinski definition) is 5. The first-order chi connectivity index (χ1) is 15.7. The fourth-order valence-corrected chi connectivity index (χ4v) is 3.78. The van der Waals surface area contributed by atoms with Crippen LogP contribution in [0.4, 0.5) is 5.69 Å². The van der Waals surface area contributed by atoms with Crippen molar-refractivity contribution in [3.8, 4) is 5.75 Å². The van der Waals surface area contributed by atoms with Crippen LogP contribution in [0.3, 0.4) is 0 Å². The van der Waals surface area contributed by atoms with Crippen LogP contribution in [0.15, 0.2) is 54.6 Å². The van der Waals surface area contributed by atoms with Gasteiger partial charge in [0.1, 0.15) is 5.75 Å². The summed E-state index contributed by atoms with van der Waals surface area (Å²) in [7, 11) is 1.68. The predicted octanol–water partition coefficient (Wildman–Crippen LogP) is 2.53. The Kier molecular flexibility index (Phi) is 9.37. The fourth-order valence-electron chi connectivity index (χ4n) is 3.78. The monoisotopic (exact) mass is 438 g/mol. The van der Waals surface area contributed by atoms with Gasteiger partial charge in [-0.05, 0) is 55.8 Å². The van der Waals surface area contributed by atoms with E-state index in [1.807, 2.05) is 30.3 Å². The van der Waals surface area contributed by atoms with Crippen LogP contribution in [0.25, 0.3) is 0 Å². The van der Waals surface area contributed by atoms with E-state index in [1.54, 1.807) is 19.2 Å². The molecule has 2 aromatic rings. The topological polar surface area (TPSA) is 73.9 Å². The standard InChI is InChI=1S/C25H34N4O3/c1-32-23-12-10-22(11-13-23)29-19-17-28(18-20-29)16-6-15-26-24(30)9-5-14-27-25(31)21-7-3-2-4-8-21/h2-4,7-8,10-13H,5-6,9,14-20H2,1H3,(H,26,30)(H,27,31). The minimum Gasteiger partial charge on any atom is -0.497 e. The molecule has 0 unspecified atom stereocenters. The molecule has 7 heteroatoms. The predicted molar refractivity (Wildman–Crippen MR) is 127 cm³/mol. The van der Waals surface area contributed by atoms with Gasteiger partial charge in [0, 0.05) is 56.9 Å². The van der Waals surface area contributed by atoms with Crippen molar-refractivity contribution in [2.75, 3.05) is 57.8 Å². The first-order valence-electron chi connectivity index (χ1n) is 11.4. The van der Waals surface area contributed by atoms with Crippen LogP contribution >= 0.6 is 0 Å². The molecule has 1 heterocycles. The summed E-state index contributed by atoms with van der Waals surface area (Å²) in [6, 6.07) is 17.3. The van der Waals surface area contributed by atoms with E-state index in [0.717, 1.165) is 44.9 Å². The highest BCUT2D eigenvalue weighted by molar-refractivity contribution is 5.94. The minimum atomic E-state index is -0.0990. The van der Waals surface area contributed by atoms with Gasteiger partial charge in [-0.3, -0.25) is 14.5 Å². The number of carbonyl (C=O) groups is 2. The number of rotatable bonds is 11. The molecular weight excluding hydrogens is 404 g/mol. The van der Waals surface area contributed by atoms with Gasteiger partial charge >= 0.3 is 0 Å². The van der Waals surface area contributed by atoms with Crippen LogP contribution in [0, 0.1) is 0 Å². The molecule has 2 N–H and O–H groups in total. The van der Waals surface area contributed by atoms with Gasteiger partial charge in [-0.1, -0.05) is 18.2 Å². The Balaban J connectivity index is 1.21. The number of nitrogens with one attached hydrogen (secondary N) is 2. The summed E-state index contributed by atoms with van der Waals surface area (Å²) in [5, 5.41) is 5.84. The van der Waals surface area contributed by atoms with Gasteiger partial charge in [0.2, 0.25) is 5.91 Å². The second kappa shape index (κ2) is 12.7. The minimum absolute atomic E-state index is 0.0447. The molecule has 0 atom stereocenters. The lowest BCUT2D eigenvalue weighted by atomic mass is 10.2. The summed E-state index contributed by atoms with van der Waals surface area (Å²) in [4.78, 5) is 28.8. The molecular formula is C25H34N4O3. The summed E-state index contributed by atoms with van der Waals surface area (Å²) in [6.45, 7) is 6.25. The lowest BCUT2D eigenvalue weighted by Gasteiger charge is -2.36. The van der Waals surface area contributed by atoms with E-state index in [0.29, 0.717) is 31.5 Å². The van der Waals surface area contributed by atoms with E-state index in [1.165, 1.54) is 5.69 Å². The molecule has 1 aliphatic rings. The van der Waals surface area contributed by atoms with Crippen molar-refractivity contribution >= 4 is 17.5 Å². The van der Waals surface area contributed by atoms with E-state index in [9.17, 15) is 9.59 Å². The Hall–Kier alpha value is -3.06. The van der Waals surface area contributed by atoms with Crippen LogP contribution in [-0.2, 0) is 4.79 Å². The Bertz CT molecular complexity index is 834. The van der Waals surface area contributed by atoms with Crippen LogP contribution in [-0.4, -0.2) is 69.6 Å². The van der Waals surface area contributed by atoms with Crippen molar-refractivity contribution in [3.63, 3.8) is 0 Å². The number of nitrogens with zero attached hydrogens (tertiary/aromatic N) is 2. The molecule has 172 valence electrons. The highest BCUT2D eigenvalue weighted by Crippen LogP contribution is 2.20. The van der Waals surface area contributed by atoms with Gasteiger partial charge in [0.25, 0.3) is 5.91 Å². The third-order valence-electron chi connectivity index (χ3n) is 5.69. The highest BCUT2D eigenvalue weighted by atomic mass is 16.5. The van der Waals surface area contributed by atoms with Crippen LogP contribution < -0.4 is 20.3 Å². The highest BCUT2D eigenvalue weighted by Gasteiger charge is 2.16. The number of ether oxygens (including phenoxy) is 1. The third kappa shape index (κ3) is 7.57. The first kappa shape index (κ1) is 23.6. The molecule has 3 rings (SSSR count). The van der Waals surface area contributed by atoms with Crippen molar-refractivity contribution in [1.82, 2.24) is 15.5 Å². The molecule has 1 aliphatic heterocycles. The number of methoxy groups -OCH3 is 1. The summed E-state index contributed by atoms with van der Waals surface area (Å²) in [5.41, 5.74) is 1.87. The van der Waals surface area contributed by atoms with Gasteiger partial charge in [-0.2, -0.15) is 0 Å². The van der Waals surface area contributed by atoms with Gasteiger partial charge in [0.15, 0.2) is 0 Å². The second-order valence-corrected chi connectivity index (χ2v) is 7.96. The number of amides is 2. The Morgan fingerprint density at radius 1 is 0.875 bits per heavy atom. The summed E-state index contributed by atoms with van der Waals surface area (Å²) in [6.07, 6.45) is 2.01. The van der Waals surface area contributed by atoms with Gasteiger partial charge in [-0.15, -0.1) is 0 Å². The number of anilines is 1. The average Bonchev–Trinajstić information content (AvgIpc) is 2.85. The normalized spacial score (nSPS) is 14.1. The molecule has 1 saturated heterocycles. The molecule has 0 aromatic heterocycles. The van der Waals surface area contributed by atoms with Crippen LogP contribution in [0.5, 0.6) is 5.75 Å². The SMILES string of the molecule is COc1ccc(N2CCN(CCCNC(=O)CCCNC(=O)c3ccccc3)CC2)cc1. The van der Waals surface area contributed by atoms with Gasteiger partial charge in [0.05, 0.1) is 7.11 Å². The molecule has 0 spiro atoms. The van der Waals surface area contributed by atoms with Crippen molar-refractivity contribution in [2.24, 2.45) is 0 Å². The van der Waals surface area contributed by atoms with Crippen molar-refractivity contribution in [3.05, 3.63) is 60.2 Å². The maximum absolute atomic E-state index is 12.0. The summed E-state index contributed by atoms with van der Waals surface area (Å²) < 4.78 is 5.23. The maximum Gasteiger partial charge on any atom is 0.251 e. The van der Waals surface area contributed by atoms with E-state index in [4.69, 9.17) is 4.74 Å². The maximum atomic E-state index is 12.0. The molecule has 2 amide bonds. The Labute approximate surface area is 190 Å². The molecule has 0 radical (unpaired) electrons. The number of benzene rings is 2. The van der Waals surface area contributed by atoms with Gasteiger partial charge in [-0.25, -0.2) is 0 Å². The number of carbonyl (C=O) groups excluding carboxylic acids is 2. The molecule has 2 aromatic carbocycles. The third-order valence-corrected chi connectivity index (χ3v) is 5.69. The number of piperazine rings is 1. The van der Waals surface area contributed by atoms with Gasteiger partial charge < -0.3 is 20.3 Å². The zero-order valence-electron chi connectivity index (χ0n) is 18.9. The van der Waals surface area contributed by atoms with E-state index in [2.05, 4.69) is 32.6 Å². The average molecular weight is 439 g/mol. The van der Waals surface area contributed by atoms with Crippen molar-refractivity contribution < 1.29 is 14.3 Å². The van der Waals surface area contributed by atoms with E-state index < -0.39 is 0 Å². The largest absolute Gasteiger partial charge is 0.497 e.